The Kier molecular flexibility index (Phi) is 3.69. The van der Waals surface area contributed by atoms with Gasteiger partial charge in [-0.2, -0.15) is 0 Å². The van der Waals surface area contributed by atoms with Crippen LogP contribution in [0, 0.1) is 0 Å². The number of aryl methyl sites for hydroxylation is 1. The topological polar surface area (TPSA) is 53.1 Å². The minimum atomic E-state index is -0.0770. The second-order valence-electron chi connectivity index (χ2n) is 7.25. The molecule has 2 N–H and O–H groups in total. The Balaban J connectivity index is 1.83. The van der Waals surface area contributed by atoms with Gasteiger partial charge >= 0.3 is 0 Å². The lowest BCUT2D eigenvalue weighted by Gasteiger charge is -2.14. The van der Waals surface area contributed by atoms with Crippen LogP contribution in [-0.4, -0.2) is 10.1 Å². The highest BCUT2D eigenvalue weighted by molar-refractivity contribution is 7.17. The number of H-pyrrole nitrogens is 1. The molecule has 0 amide bonds. The second kappa shape index (κ2) is 6.10. The van der Waals surface area contributed by atoms with Gasteiger partial charge in [-0.25, -0.2) is 0 Å². The maximum absolute atomic E-state index is 12.3. The SMILES string of the molecule is CC1=CCCc2ccc(-c3c(O)ccc4[nH]c(=O)c5sccc5c34)cc2C1. The van der Waals surface area contributed by atoms with Crippen LogP contribution in [0.3, 0.4) is 0 Å². The zero-order valence-electron chi connectivity index (χ0n) is 15.0. The molecule has 2 heterocycles. The van der Waals surface area contributed by atoms with E-state index in [4.69, 9.17) is 0 Å². The zero-order valence-corrected chi connectivity index (χ0v) is 15.8. The Morgan fingerprint density at radius 3 is 2.89 bits per heavy atom. The van der Waals surface area contributed by atoms with Gasteiger partial charge in [0.2, 0.25) is 0 Å². The second-order valence-corrected chi connectivity index (χ2v) is 8.17. The first-order chi connectivity index (χ1) is 13.1. The summed E-state index contributed by atoms with van der Waals surface area (Å²) in [5.74, 6) is 0.239. The van der Waals surface area contributed by atoms with E-state index in [0.29, 0.717) is 4.70 Å². The van der Waals surface area contributed by atoms with Crippen LogP contribution in [0.25, 0.3) is 32.1 Å². The number of rotatable bonds is 1. The van der Waals surface area contributed by atoms with E-state index in [1.54, 1.807) is 12.1 Å². The van der Waals surface area contributed by atoms with Crippen LogP contribution in [0.15, 0.2) is 58.2 Å². The third kappa shape index (κ3) is 2.60. The average Bonchev–Trinajstić information content (AvgIpc) is 3.06. The number of thiophene rings is 1. The third-order valence-corrected chi connectivity index (χ3v) is 6.36. The minimum absolute atomic E-state index is 0.0770. The van der Waals surface area contributed by atoms with Crippen molar-refractivity contribution in [1.82, 2.24) is 4.98 Å². The molecule has 2 aromatic heterocycles. The van der Waals surface area contributed by atoms with E-state index in [1.165, 1.54) is 28.0 Å². The molecule has 4 aromatic rings. The van der Waals surface area contributed by atoms with E-state index in [1.807, 2.05) is 11.4 Å². The summed E-state index contributed by atoms with van der Waals surface area (Å²) in [7, 11) is 0. The fourth-order valence-electron chi connectivity index (χ4n) is 4.17. The van der Waals surface area contributed by atoms with Crippen molar-refractivity contribution >= 4 is 32.3 Å². The van der Waals surface area contributed by atoms with Gasteiger partial charge in [-0.1, -0.05) is 29.8 Å². The van der Waals surface area contributed by atoms with Crippen LogP contribution in [0.2, 0.25) is 0 Å². The number of aromatic amines is 1. The van der Waals surface area contributed by atoms with Gasteiger partial charge in [-0.3, -0.25) is 4.79 Å². The monoisotopic (exact) mass is 373 g/mol. The molecule has 0 saturated carbocycles. The van der Waals surface area contributed by atoms with Crippen molar-refractivity contribution in [3.8, 4) is 16.9 Å². The summed E-state index contributed by atoms with van der Waals surface area (Å²) in [5, 5.41) is 14.5. The van der Waals surface area contributed by atoms with Crippen molar-refractivity contribution in [2.75, 3.05) is 0 Å². The Labute approximate surface area is 160 Å². The molecule has 27 heavy (non-hydrogen) atoms. The van der Waals surface area contributed by atoms with Gasteiger partial charge in [0.05, 0.1) is 0 Å². The molecule has 0 unspecified atom stereocenters. The lowest BCUT2D eigenvalue weighted by atomic mass is 9.92. The van der Waals surface area contributed by atoms with Gasteiger partial charge in [-0.05, 0) is 66.5 Å². The quantitative estimate of drug-likeness (QED) is 0.430. The standard InChI is InChI=1S/C23H19NO2S/c1-13-3-2-4-14-5-6-15(12-16(14)11-13)20-19(25)8-7-18-21(20)17-9-10-27-22(17)23(26)24-18/h3,5-10,12,25H,2,4,11H2,1H3,(H,24,26). The fraction of sp³-hybridized carbons (Fsp3) is 0.174. The van der Waals surface area contributed by atoms with Gasteiger partial charge in [0.25, 0.3) is 5.56 Å². The molecule has 2 aromatic carbocycles. The van der Waals surface area contributed by atoms with E-state index in [0.717, 1.165) is 46.7 Å². The number of fused-ring (bicyclic) bond motifs is 4. The highest BCUT2D eigenvalue weighted by atomic mass is 32.1. The molecule has 5 rings (SSSR count). The summed E-state index contributed by atoms with van der Waals surface area (Å²) in [6, 6.07) is 11.9. The van der Waals surface area contributed by atoms with Crippen molar-refractivity contribution in [2.45, 2.75) is 26.2 Å². The summed E-state index contributed by atoms with van der Waals surface area (Å²) >= 11 is 1.43. The molecule has 0 radical (unpaired) electrons. The van der Waals surface area contributed by atoms with E-state index >= 15 is 0 Å². The number of phenols is 1. The largest absolute Gasteiger partial charge is 0.507 e. The van der Waals surface area contributed by atoms with Gasteiger partial charge < -0.3 is 10.1 Å². The molecule has 0 fully saturated rings. The van der Waals surface area contributed by atoms with Crippen molar-refractivity contribution in [3.63, 3.8) is 0 Å². The summed E-state index contributed by atoms with van der Waals surface area (Å²) in [6.45, 7) is 2.18. The number of nitrogens with one attached hydrogen (secondary N) is 1. The summed E-state index contributed by atoms with van der Waals surface area (Å²) in [4.78, 5) is 15.3. The molecule has 1 aliphatic carbocycles. The lowest BCUT2D eigenvalue weighted by molar-refractivity contribution is 0.478. The van der Waals surface area contributed by atoms with Crippen LogP contribution in [0.5, 0.6) is 5.75 Å². The van der Waals surface area contributed by atoms with E-state index < -0.39 is 0 Å². The first kappa shape index (κ1) is 16.3. The lowest BCUT2D eigenvalue weighted by Crippen LogP contribution is -2.04. The Hall–Kier alpha value is -2.85. The van der Waals surface area contributed by atoms with Crippen molar-refractivity contribution in [3.05, 3.63) is 74.9 Å². The molecular formula is C23H19NO2S. The molecule has 0 spiro atoms. The van der Waals surface area contributed by atoms with Crippen molar-refractivity contribution < 1.29 is 5.11 Å². The number of aromatic hydroxyl groups is 1. The van der Waals surface area contributed by atoms with Crippen molar-refractivity contribution in [2.24, 2.45) is 0 Å². The number of allylic oxidation sites excluding steroid dienone is 2. The summed E-state index contributed by atoms with van der Waals surface area (Å²) in [5.41, 5.74) is 6.54. The average molecular weight is 373 g/mol. The van der Waals surface area contributed by atoms with Gasteiger partial charge in [0.15, 0.2) is 0 Å². The number of hydrogen-bond acceptors (Lipinski definition) is 3. The number of phenolic OH excluding ortho intramolecular Hbond substituents is 1. The molecule has 4 heteroatoms. The maximum Gasteiger partial charge on any atom is 0.266 e. The molecular weight excluding hydrogens is 354 g/mol. The van der Waals surface area contributed by atoms with Gasteiger partial charge in [-0.15, -0.1) is 11.3 Å². The first-order valence-corrected chi connectivity index (χ1v) is 10.0. The van der Waals surface area contributed by atoms with E-state index in [2.05, 4.69) is 36.2 Å². The summed E-state index contributed by atoms with van der Waals surface area (Å²) < 4.78 is 0.697. The predicted octanol–water partition coefficient (Wildman–Crippen LogP) is 5.55. The first-order valence-electron chi connectivity index (χ1n) is 9.15. The van der Waals surface area contributed by atoms with Gasteiger partial charge in [0, 0.05) is 21.9 Å². The zero-order chi connectivity index (χ0) is 18.5. The molecule has 0 atom stereocenters. The highest BCUT2D eigenvalue weighted by Gasteiger charge is 2.17. The smallest absolute Gasteiger partial charge is 0.266 e. The molecule has 0 aliphatic heterocycles. The summed E-state index contributed by atoms with van der Waals surface area (Å²) in [6.07, 6.45) is 5.39. The van der Waals surface area contributed by atoms with E-state index in [9.17, 15) is 9.90 Å². The molecule has 134 valence electrons. The maximum atomic E-state index is 12.3. The fourth-order valence-corrected chi connectivity index (χ4v) is 4.96. The molecule has 3 nitrogen and oxygen atoms in total. The number of benzene rings is 2. The third-order valence-electron chi connectivity index (χ3n) is 5.44. The van der Waals surface area contributed by atoms with Crippen LogP contribution >= 0.6 is 11.3 Å². The Bertz CT molecular complexity index is 1290. The van der Waals surface area contributed by atoms with Crippen LogP contribution in [0.1, 0.15) is 24.5 Å². The van der Waals surface area contributed by atoms with Crippen molar-refractivity contribution in [1.29, 1.82) is 0 Å². The Morgan fingerprint density at radius 2 is 2.00 bits per heavy atom. The van der Waals surface area contributed by atoms with Crippen LogP contribution in [-0.2, 0) is 12.8 Å². The number of pyridine rings is 1. The Morgan fingerprint density at radius 1 is 1.11 bits per heavy atom. The van der Waals surface area contributed by atoms with Crippen LogP contribution < -0.4 is 5.56 Å². The number of hydrogen-bond donors (Lipinski definition) is 2. The van der Waals surface area contributed by atoms with E-state index in [-0.39, 0.29) is 11.3 Å². The predicted molar refractivity (Wildman–Crippen MR) is 113 cm³/mol. The molecule has 0 saturated heterocycles. The highest BCUT2D eigenvalue weighted by Crippen LogP contribution is 2.40. The van der Waals surface area contributed by atoms with Gasteiger partial charge in [0.1, 0.15) is 10.4 Å². The molecule has 0 bridgehead atoms. The molecule has 1 aliphatic rings. The number of aromatic nitrogens is 1. The van der Waals surface area contributed by atoms with Crippen LogP contribution in [0.4, 0.5) is 0 Å². The minimum Gasteiger partial charge on any atom is -0.507 e. The normalized spacial score (nSPS) is 14.2.